The minimum absolute atomic E-state index is 0.0411. The van der Waals surface area contributed by atoms with Gasteiger partial charge in [0.15, 0.2) is 5.69 Å². The molecule has 0 aliphatic heterocycles. The normalized spacial score (nSPS) is 11.4. The summed E-state index contributed by atoms with van der Waals surface area (Å²) >= 11 is 0. The molecule has 1 heterocycles. The molecule has 2 rings (SSSR count). The molecule has 0 N–H and O–H groups in total. The Kier molecular flexibility index (Phi) is 6.26. The maximum atomic E-state index is 12.7. The first-order chi connectivity index (χ1) is 13.9. The van der Waals surface area contributed by atoms with Crippen LogP contribution in [0.1, 0.15) is 23.0 Å². The van der Waals surface area contributed by atoms with Crippen molar-refractivity contribution in [1.29, 1.82) is 5.26 Å². The van der Waals surface area contributed by atoms with Crippen molar-refractivity contribution in [2.24, 2.45) is 0 Å². The van der Waals surface area contributed by atoms with Crippen molar-refractivity contribution >= 4 is 21.8 Å². The molecule has 158 valence electrons. The number of nitrogens with zero attached hydrogens (tertiary/aromatic N) is 3. The van der Waals surface area contributed by atoms with E-state index < -0.39 is 43.7 Å². The largest absolute Gasteiger partial charge is 0.534 e. The van der Waals surface area contributed by atoms with Crippen LogP contribution in [-0.4, -0.2) is 36.4 Å². The number of carbonyl (C=O) groups excluding carboxylic acids is 1. The van der Waals surface area contributed by atoms with E-state index in [1.54, 1.807) is 0 Å². The summed E-state index contributed by atoms with van der Waals surface area (Å²) in [6.45, 7) is 1.30. The average molecular weight is 445 g/mol. The second kappa shape index (κ2) is 8.33. The topological polar surface area (TPSA) is 149 Å². The average Bonchev–Trinajstić information content (AvgIpc) is 2.66. The second-order valence-electron chi connectivity index (χ2n) is 5.35. The lowest BCUT2D eigenvalue weighted by Gasteiger charge is -2.13. The molecule has 1 aromatic heterocycles. The van der Waals surface area contributed by atoms with Gasteiger partial charge in [-0.3, -0.25) is 10.1 Å². The third-order valence-electron chi connectivity index (χ3n) is 3.44. The fourth-order valence-electron chi connectivity index (χ4n) is 2.14. The number of benzene rings is 1. The highest BCUT2D eigenvalue weighted by molar-refractivity contribution is 7.87. The van der Waals surface area contributed by atoms with Gasteiger partial charge in [0, 0.05) is 17.7 Å². The van der Waals surface area contributed by atoms with Gasteiger partial charge in [-0.2, -0.15) is 26.9 Å². The van der Waals surface area contributed by atoms with Crippen LogP contribution >= 0.6 is 0 Å². The van der Waals surface area contributed by atoms with Gasteiger partial charge in [0.2, 0.25) is 0 Å². The van der Waals surface area contributed by atoms with Gasteiger partial charge in [0.25, 0.3) is 11.6 Å². The Morgan fingerprint density at radius 2 is 1.90 bits per heavy atom. The number of aromatic nitrogens is 1. The minimum atomic E-state index is -6.21. The van der Waals surface area contributed by atoms with E-state index in [1.165, 1.54) is 13.0 Å². The van der Waals surface area contributed by atoms with Crippen molar-refractivity contribution in [2.45, 2.75) is 12.4 Å². The molecule has 10 nitrogen and oxygen atoms in total. The molecule has 0 amide bonds. The van der Waals surface area contributed by atoms with Gasteiger partial charge >= 0.3 is 21.6 Å². The zero-order chi connectivity index (χ0) is 22.7. The molecule has 0 aliphatic carbocycles. The van der Waals surface area contributed by atoms with Crippen molar-refractivity contribution < 1.29 is 40.2 Å². The molecule has 0 fully saturated rings. The molecule has 0 saturated heterocycles. The number of hydrogen-bond acceptors (Lipinski definition) is 9. The van der Waals surface area contributed by atoms with E-state index in [0.29, 0.717) is 0 Å². The van der Waals surface area contributed by atoms with Gasteiger partial charge < -0.3 is 8.92 Å². The summed E-state index contributed by atoms with van der Waals surface area (Å²) in [5.74, 6) is -2.42. The number of esters is 1. The number of non-ortho nitro benzene ring substituents is 1. The van der Waals surface area contributed by atoms with Gasteiger partial charge in [-0.05, 0) is 30.7 Å². The standard InChI is InChI=1S/C16H10F3N3O7S/c1-2-28-15(23)13-7-11(9-3-5-10(6-4-9)22(24)25)12(8-20)14(21-13)29-30(26,27)16(17,18)19/h3-7H,2H2,1H3. The molecule has 0 atom stereocenters. The number of hydrogen-bond donors (Lipinski definition) is 0. The zero-order valence-electron chi connectivity index (χ0n) is 14.8. The fraction of sp³-hybridized carbons (Fsp3) is 0.188. The van der Waals surface area contributed by atoms with Crippen LogP contribution in [-0.2, 0) is 14.9 Å². The zero-order valence-corrected chi connectivity index (χ0v) is 15.7. The molecule has 0 saturated carbocycles. The maximum Gasteiger partial charge on any atom is 0.534 e. The lowest BCUT2D eigenvalue weighted by Crippen LogP contribution is -2.29. The summed E-state index contributed by atoms with van der Waals surface area (Å²) < 4.78 is 69.5. The predicted octanol–water partition coefficient (Wildman–Crippen LogP) is 2.93. The summed E-state index contributed by atoms with van der Waals surface area (Å²) in [5, 5.41) is 20.1. The van der Waals surface area contributed by atoms with Crippen LogP contribution in [0.25, 0.3) is 11.1 Å². The Morgan fingerprint density at radius 3 is 2.37 bits per heavy atom. The smallest absolute Gasteiger partial charge is 0.461 e. The first-order valence-corrected chi connectivity index (χ1v) is 9.20. The van der Waals surface area contributed by atoms with Crippen LogP contribution in [0.15, 0.2) is 30.3 Å². The number of alkyl halides is 3. The highest BCUT2D eigenvalue weighted by Gasteiger charge is 2.49. The quantitative estimate of drug-likeness (QED) is 0.215. The molecule has 1 aromatic carbocycles. The Hall–Kier alpha value is -3.73. The van der Waals surface area contributed by atoms with E-state index in [0.717, 1.165) is 30.3 Å². The number of pyridine rings is 1. The first-order valence-electron chi connectivity index (χ1n) is 7.79. The van der Waals surface area contributed by atoms with E-state index in [-0.39, 0.29) is 23.4 Å². The van der Waals surface area contributed by atoms with Gasteiger partial charge in [0.05, 0.1) is 11.5 Å². The summed E-state index contributed by atoms with van der Waals surface area (Å²) in [6.07, 6.45) is 0. The highest BCUT2D eigenvalue weighted by Crippen LogP contribution is 2.34. The molecular formula is C16H10F3N3O7S. The molecule has 0 unspecified atom stereocenters. The monoisotopic (exact) mass is 445 g/mol. The molecule has 0 aliphatic rings. The lowest BCUT2D eigenvalue weighted by atomic mass is 10.0. The number of carbonyl (C=O) groups is 1. The molecule has 14 heteroatoms. The van der Waals surface area contributed by atoms with Gasteiger partial charge in [-0.1, -0.05) is 0 Å². The van der Waals surface area contributed by atoms with Gasteiger partial charge in [-0.15, -0.1) is 0 Å². The van der Waals surface area contributed by atoms with Crippen LogP contribution in [0.4, 0.5) is 18.9 Å². The van der Waals surface area contributed by atoms with Crippen molar-refractivity contribution in [3.8, 4) is 23.1 Å². The van der Waals surface area contributed by atoms with E-state index in [2.05, 4.69) is 9.17 Å². The highest BCUT2D eigenvalue weighted by atomic mass is 32.2. The number of nitriles is 1. The third kappa shape index (κ3) is 4.63. The molecule has 0 bridgehead atoms. The lowest BCUT2D eigenvalue weighted by molar-refractivity contribution is -0.384. The van der Waals surface area contributed by atoms with E-state index in [9.17, 15) is 41.8 Å². The maximum absolute atomic E-state index is 12.7. The fourth-order valence-corrected chi connectivity index (χ4v) is 2.56. The van der Waals surface area contributed by atoms with Crippen LogP contribution in [0.3, 0.4) is 0 Å². The van der Waals surface area contributed by atoms with Crippen molar-refractivity contribution in [1.82, 2.24) is 4.98 Å². The molecule has 0 radical (unpaired) electrons. The summed E-state index contributed by atoms with van der Waals surface area (Å²) in [7, 11) is -6.21. The predicted molar refractivity (Wildman–Crippen MR) is 92.6 cm³/mol. The Labute approximate surface area is 166 Å². The van der Waals surface area contributed by atoms with Crippen LogP contribution < -0.4 is 4.18 Å². The SMILES string of the molecule is CCOC(=O)c1cc(-c2ccc([N+](=O)[O-])cc2)c(C#N)c(OS(=O)(=O)C(F)(F)F)n1. The third-order valence-corrected chi connectivity index (χ3v) is 4.39. The van der Waals surface area contributed by atoms with Crippen molar-refractivity contribution in [3.63, 3.8) is 0 Å². The number of halogens is 3. The Morgan fingerprint density at radius 1 is 1.30 bits per heavy atom. The van der Waals surface area contributed by atoms with Gasteiger partial charge in [-0.25, -0.2) is 9.78 Å². The molecule has 2 aromatic rings. The van der Waals surface area contributed by atoms with Crippen molar-refractivity contribution in [2.75, 3.05) is 6.61 Å². The molecule has 0 spiro atoms. The van der Waals surface area contributed by atoms with Crippen LogP contribution in [0.5, 0.6) is 5.88 Å². The summed E-state index contributed by atoms with van der Waals surface area (Å²) in [4.78, 5) is 25.5. The van der Waals surface area contributed by atoms with Crippen LogP contribution in [0, 0.1) is 21.4 Å². The summed E-state index contributed by atoms with van der Waals surface area (Å²) in [6, 6.07) is 6.79. The molecule has 30 heavy (non-hydrogen) atoms. The Balaban J connectivity index is 2.74. The van der Waals surface area contributed by atoms with E-state index in [1.807, 2.05) is 0 Å². The Bertz CT molecular complexity index is 1140. The molecular weight excluding hydrogens is 435 g/mol. The van der Waals surface area contributed by atoms with E-state index in [4.69, 9.17) is 4.74 Å². The van der Waals surface area contributed by atoms with Gasteiger partial charge in [0.1, 0.15) is 11.6 Å². The van der Waals surface area contributed by atoms with E-state index >= 15 is 0 Å². The second-order valence-corrected chi connectivity index (χ2v) is 6.89. The number of nitro benzene ring substituents is 1. The number of ether oxygens (including phenoxy) is 1. The van der Waals surface area contributed by atoms with Crippen molar-refractivity contribution in [3.05, 3.63) is 51.7 Å². The first kappa shape index (κ1) is 22.6. The number of nitro groups is 1. The van der Waals surface area contributed by atoms with Crippen LogP contribution in [0.2, 0.25) is 0 Å². The minimum Gasteiger partial charge on any atom is -0.461 e. The summed E-state index contributed by atoms with van der Waals surface area (Å²) in [5.41, 5.74) is -7.75. The number of rotatable bonds is 6.